The molecule has 0 fully saturated rings. The van der Waals surface area contributed by atoms with Crippen LogP contribution in [0.3, 0.4) is 0 Å². The molecule has 0 saturated heterocycles. The van der Waals surface area contributed by atoms with E-state index in [2.05, 4.69) is 6.07 Å². The monoisotopic (exact) mass is 279 g/mol. The molecule has 0 amide bonds. The predicted molar refractivity (Wildman–Crippen MR) is 70.5 cm³/mol. The van der Waals surface area contributed by atoms with Crippen molar-refractivity contribution in [1.29, 1.82) is 0 Å². The highest BCUT2D eigenvalue weighted by Gasteiger charge is 2.32. The summed E-state index contributed by atoms with van der Waals surface area (Å²) in [6, 6.07) is 15.5. The Morgan fingerprint density at radius 3 is 2.40 bits per heavy atom. The highest BCUT2D eigenvalue weighted by Crippen LogP contribution is 2.32. The SMILES string of the molecule is FC(F)(F)c1ccccc1CCCOc1cc[c]cc1. The van der Waals surface area contributed by atoms with Gasteiger partial charge in [0.25, 0.3) is 0 Å². The second kappa shape index (κ2) is 6.46. The van der Waals surface area contributed by atoms with Gasteiger partial charge in [0.05, 0.1) is 12.2 Å². The number of benzene rings is 2. The van der Waals surface area contributed by atoms with Crippen molar-refractivity contribution < 1.29 is 17.9 Å². The van der Waals surface area contributed by atoms with E-state index >= 15 is 0 Å². The Bertz CT molecular complexity index is 535. The quantitative estimate of drug-likeness (QED) is 0.731. The molecule has 105 valence electrons. The van der Waals surface area contributed by atoms with E-state index in [0.29, 0.717) is 30.8 Å². The zero-order valence-electron chi connectivity index (χ0n) is 10.8. The van der Waals surface area contributed by atoms with Gasteiger partial charge in [-0.25, -0.2) is 0 Å². The summed E-state index contributed by atoms with van der Waals surface area (Å²) in [5.74, 6) is 0.702. The van der Waals surface area contributed by atoms with Crippen LogP contribution in [0.2, 0.25) is 0 Å². The summed E-state index contributed by atoms with van der Waals surface area (Å²) in [7, 11) is 0. The topological polar surface area (TPSA) is 9.23 Å². The average Bonchev–Trinajstić information content (AvgIpc) is 2.44. The van der Waals surface area contributed by atoms with E-state index in [9.17, 15) is 13.2 Å². The van der Waals surface area contributed by atoms with Crippen LogP contribution in [0.5, 0.6) is 5.75 Å². The molecule has 0 atom stereocenters. The number of aryl methyl sites for hydroxylation is 1. The Morgan fingerprint density at radius 1 is 1.00 bits per heavy atom. The van der Waals surface area contributed by atoms with Crippen molar-refractivity contribution >= 4 is 0 Å². The van der Waals surface area contributed by atoms with Crippen LogP contribution in [0.25, 0.3) is 0 Å². The molecule has 1 nitrogen and oxygen atoms in total. The van der Waals surface area contributed by atoms with Crippen molar-refractivity contribution in [2.45, 2.75) is 19.0 Å². The van der Waals surface area contributed by atoms with Crippen LogP contribution < -0.4 is 4.74 Å². The first-order valence-electron chi connectivity index (χ1n) is 6.31. The molecule has 0 aromatic heterocycles. The summed E-state index contributed by atoms with van der Waals surface area (Å²) in [5.41, 5.74) is -0.251. The molecule has 0 aliphatic heterocycles. The number of alkyl halides is 3. The summed E-state index contributed by atoms with van der Waals surface area (Å²) in [4.78, 5) is 0. The summed E-state index contributed by atoms with van der Waals surface area (Å²) in [6.45, 7) is 0.385. The Kier molecular flexibility index (Phi) is 4.66. The van der Waals surface area contributed by atoms with Gasteiger partial charge in [-0.15, -0.1) is 0 Å². The predicted octanol–water partition coefficient (Wildman–Crippen LogP) is 4.52. The number of hydrogen-bond donors (Lipinski definition) is 0. The first-order valence-corrected chi connectivity index (χ1v) is 6.31. The second-order valence-electron chi connectivity index (χ2n) is 4.34. The molecule has 0 saturated carbocycles. The lowest BCUT2D eigenvalue weighted by Crippen LogP contribution is -2.10. The number of hydrogen-bond acceptors (Lipinski definition) is 1. The molecule has 2 aromatic carbocycles. The van der Waals surface area contributed by atoms with Gasteiger partial charge in [-0.1, -0.05) is 30.3 Å². The molecule has 0 bridgehead atoms. The van der Waals surface area contributed by atoms with Gasteiger partial charge in [-0.3, -0.25) is 0 Å². The molecular formula is C16H14F3O. The van der Waals surface area contributed by atoms with E-state index in [4.69, 9.17) is 4.74 Å². The van der Waals surface area contributed by atoms with Crippen LogP contribution >= 0.6 is 0 Å². The van der Waals surface area contributed by atoms with E-state index in [0.717, 1.165) is 6.07 Å². The van der Waals surface area contributed by atoms with E-state index in [1.165, 1.54) is 12.1 Å². The molecule has 0 heterocycles. The summed E-state index contributed by atoms with van der Waals surface area (Å²) in [6.07, 6.45) is -3.42. The smallest absolute Gasteiger partial charge is 0.416 e. The third kappa shape index (κ3) is 4.02. The maximum absolute atomic E-state index is 12.8. The van der Waals surface area contributed by atoms with Gasteiger partial charge in [0, 0.05) is 0 Å². The number of rotatable bonds is 5. The van der Waals surface area contributed by atoms with Crippen LogP contribution in [0, 0.1) is 6.07 Å². The fraction of sp³-hybridized carbons (Fsp3) is 0.250. The molecule has 0 N–H and O–H groups in total. The molecule has 0 aliphatic rings. The summed E-state index contributed by atoms with van der Waals surface area (Å²) < 4.78 is 43.8. The van der Waals surface area contributed by atoms with Crippen LogP contribution in [0.1, 0.15) is 17.5 Å². The zero-order chi connectivity index (χ0) is 14.4. The third-order valence-corrected chi connectivity index (χ3v) is 2.87. The van der Waals surface area contributed by atoms with Crippen LogP contribution in [0.15, 0.2) is 48.5 Å². The number of halogens is 3. The minimum atomic E-state index is -4.30. The average molecular weight is 279 g/mol. The third-order valence-electron chi connectivity index (χ3n) is 2.87. The van der Waals surface area contributed by atoms with Gasteiger partial charge in [0.2, 0.25) is 0 Å². The van der Waals surface area contributed by atoms with Crippen molar-refractivity contribution in [2.24, 2.45) is 0 Å². The van der Waals surface area contributed by atoms with Gasteiger partial charge in [0.1, 0.15) is 5.75 Å². The molecule has 4 heteroatoms. The van der Waals surface area contributed by atoms with Gasteiger partial charge in [-0.2, -0.15) is 13.2 Å². The molecule has 20 heavy (non-hydrogen) atoms. The van der Waals surface area contributed by atoms with Gasteiger partial charge in [0.15, 0.2) is 0 Å². The Morgan fingerprint density at radius 2 is 1.70 bits per heavy atom. The lowest BCUT2D eigenvalue weighted by molar-refractivity contribution is -0.138. The van der Waals surface area contributed by atoms with E-state index < -0.39 is 11.7 Å². The van der Waals surface area contributed by atoms with Crippen molar-refractivity contribution in [1.82, 2.24) is 0 Å². The molecule has 1 radical (unpaired) electrons. The Labute approximate surface area is 116 Å². The Balaban J connectivity index is 1.89. The summed E-state index contributed by atoms with van der Waals surface area (Å²) >= 11 is 0. The minimum absolute atomic E-state index is 0.310. The summed E-state index contributed by atoms with van der Waals surface area (Å²) in [5, 5.41) is 0. The van der Waals surface area contributed by atoms with Crippen molar-refractivity contribution in [3.05, 3.63) is 65.7 Å². The first-order chi connectivity index (χ1) is 9.57. The minimum Gasteiger partial charge on any atom is -0.494 e. The van der Waals surface area contributed by atoms with E-state index in [1.807, 2.05) is 0 Å². The molecule has 2 rings (SSSR count). The zero-order valence-corrected chi connectivity index (χ0v) is 10.8. The van der Waals surface area contributed by atoms with Crippen molar-refractivity contribution in [3.63, 3.8) is 0 Å². The molecule has 2 aromatic rings. The number of ether oxygens (including phenoxy) is 1. The molecule has 0 spiro atoms. The first kappa shape index (κ1) is 14.4. The Hall–Kier alpha value is -1.97. The molecular weight excluding hydrogens is 265 g/mol. The highest BCUT2D eigenvalue weighted by molar-refractivity contribution is 5.29. The van der Waals surface area contributed by atoms with Gasteiger partial charge in [-0.05, 0) is 42.7 Å². The standard InChI is InChI=1S/C16H14F3O/c17-16(18,19)15-11-5-4-7-13(15)8-6-12-20-14-9-2-1-3-10-14/h2-5,7,9-11H,6,8,12H2. The fourth-order valence-electron chi connectivity index (χ4n) is 1.94. The van der Waals surface area contributed by atoms with Crippen molar-refractivity contribution in [2.75, 3.05) is 6.61 Å². The van der Waals surface area contributed by atoms with Gasteiger partial charge < -0.3 is 4.74 Å². The molecule has 0 aliphatic carbocycles. The van der Waals surface area contributed by atoms with Crippen molar-refractivity contribution in [3.8, 4) is 5.75 Å². The normalized spacial score (nSPS) is 11.3. The lowest BCUT2D eigenvalue weighted by Gasteiger charge is -2.12. The fourth-order valence-corrected chi connectivity index (χ4v) is 1.94. The maximum atomic E-state index is 12.8. The van der Waals surface area contributed by atoms with E-state index in [-0.39, 0.29) is 0 Å². The molecule has 0 unspecified atom stereocenters. The highest BCUT2D eigenvalue weighted by atomic mass is 19.4. The second-order valence-corrected chi connectivity index (χ2v) is 4.34. The van der Waals surface area contributed by atoms with Crippen LogP contribution in [-0.2, 0) is 12.6 Å². The van der Waals surface area contributed by atoms with Crippen LogP contribution in [0.4, 0.5) is 13.2 Å². The maximum Gasteiger partial charge on any atom is 0.416 e. The van der Waals surface area contributed by atoms with Crippen LogP contribution in [-0.4, -0.2) is 6.61 Å². The lowest BCUT2D eigenvalue weighted by atomic mass is 10.0. The largest absolute Gasteiger partial charge is 0.494 e. The van der Waals surface area contributed by atoms with E-state index in [1.54, 1.807) is 30.3 Å². The van der Waals surface area contributed by atoms with Gasteiger partial charge >= 0.3 is 6.18 Å².